The van der Waals surface area contributed by atoms with Gasteiger partial charge in [-0.15, -0.1) is 0 Å². The van der Waals surface area contributed by atoms with Crippen molar-refractivity contribution in [3.8, 4) is 0 Å². The van der Waals surface area contributed by atoms with E-state index < -0.39 is 5.82 Å². The first-order valence-corrected chi connectivity index (χ1v) is 11.3. The molecule has 2 aromatic carbocycles. The van der Waals surface area contributed by atoms with E-state index in [1.165, 1.54) is 28.8 Å². The Bertz CT molecular complexity index is 1310. The average molecular weight is 458 g/mol. The summed E-state index contributed by atoms with van der Waals surface area (Å²) in [6.07, 6.45) is 5.46. The van der Waals surface area contributed by atoms with Gasteiger partial charge in [0.05, 0.1) is 5.52 Å². The minimum atomic E-state index is -0.401. The second-order valence-electron chi connectivity index (χ2n) is 8.29. The van der Waals surface area contributed by atoms with E-state index in [-0.39, 0.29) is 11.7 Å². The first-order valence-electron chi connectivity index (χ1n) is 11.3. The molecule has 0 spiro atoms. The lowest BCUT2D eigenvalue weighted by Gasteiger charge is -2.34. The van der Waals surface area contributed by atoms with Crippen molar-refractivity contribution in [2.24, 2.45) is 0 Å². The van der Waals surface area contributed by atoms with Gasteiger partial charge in [0, 0.05) is 74.2 Å². The minimum Gasteiger partial charge on any atom is -0.338 e. The standard InChI is InChI=1S/C26H24FN5O2/c27-20-8-6-19(7-9-20)25(34)32-18-22(21-4-1-2-5-23(21)32)24(33)10-13-30-14-16-31(17-15-30)26-28-11-3-12-29-26/h1-9,11-12,18H,10,13-17H2. The molecule has 1 aliphatic heterocycles. The number of hydrogen-bond donors (Lipinski definition) is 0. The number of rotatable bonds is 6. The van der Waals surface area contributed by atoms with Gasteiger partial charge < -0.3 is 4.90 Å². The number of carbonyl (C=O) groups excluding carboxylic acids is 2. The Kier molecular flexibility index (Phi) is 6.14. The second-order valence-corrected chi connectivity index (χ2v) is 8.29. The van der Waals surface area contributed by atoms with Crippen LogP contribution in [0.1, 0.15) is 27.1 Å². The van der Waals surface area contributed by atoms with E-state index in [4.69, 9.17) is 0 Å². The number of halogens is 1. The van der Waals surface area contributed by atoms with Crippen molar-refractivity contribution in [3.63, 3.8) is 0 Å². The Morgan fingerprint density at radius 1 is 0.882 bits per heavy atom. The van der Waals surface area contributed by atoms with Gasteiger partial charge in [-0.3, -0.25) is 19.1 Å². The molecule has 5 rings (SSSR count). The number of hydrogen-bond acceptors (Lipinski definition) is 6. The summed E-state index contributed by atoms with van der Waals surface area (Å²) >= 11 is 0. The van der Waals surface area contributed by atoms with Gasteiger partial charge in [0.1, 0.15) is 5.82 Å². The summed E-state index contributed by atoms with van der Waals surface area (Å²) in [6, 6.07) is 14.6. The number of anilines is 1. The van der Waals surface area contributed by atoms with Gasteiger partial charge in [-0.2, -0.15) is 0 Å². The van der Waals surface area contributed by atoms with E-state index in [2.05, 4.69) is 19.8 Å². The molecule has 1 saturated heterocycles. The third-order valence-electron chi connectivity index (χ3n) is 6.18. The van der Waals surface area contributed by atoms with Gasteiger partial charge in [0.2, 0.25) is 5.95 Å². The summed E-state index contributed by atoms with van der Waals surface area (Å²) in [5, 5.41) is 0.744. The fourth-order valence-corrected chi connectivity index (χ4v) is 4.32. The lowest BCUT2D eigenvalue weighted by atomic mass is 10.1. The quantitative estimate of drug-likeness (QED) is 0.412. The Morgan fingerprint density at radius 3 is 2.32 bits per heavy atom. The van der Waals surface area contributed by atoms with E-state index in [0.717, 1.165) is 37.5 Å². The van der Waals surface area contributed by atoms with Crippen LogP contribution >= 0.6 is 0 Å². The number of aromatic nitrogens is 3. The molecular formula is C26H24FN5O2. The van der Waals surface area contributed by atoms with E-state index in [9.17, 15) is 14.0 Å². The van der Waals surface area contributed by atoms with Crippen LogP contribution in [0.3, 0.4) is 0 Å². The lowest BCUT2D eigenvalue weighted by molar-refractivity contribution is 0.0963. The summed E-state index contributed by atoms with van der Waals surface area (Å²) in [7, 11) is 0. The Balaban J connectivity index is 1.28. The molecule has 2 aromatic heterocycles. The fraction of sp³-hybridized carbons (Fsp3) is 0.231. The van der Waals surface area contributed by atoms with Gasteiger partial charge in [0.15, 0.2) is 5.78 Å². The molecule has 0 aliphatic carbocycles. The second kappa shape index (κ2) is 9.52. The molecule has 8 heteroatoms. The van der Waals surface area contributed by atoms with Gasteiger partial charge in [-0.05, 0) is 36.4 Å². The molecule has 7 nitrogen and oxygen atoms in total. The van der Waals surface area contributed by atoms with Gasteiger partial charge >= 0.3 is 0 Å². The van der Waals surface area contributed by atoms with Crippen LogP contribution in [0, 0.1) is 5.82 Å². The largest absolute Gasteiger partial charge is 0.338 e. The van der Waals surface area contributed by atoms with Crippen LogP contribution in [0.2, 0.25) is 0 Å². The first kappa shape index (κ1) is 21.9. The topological polar surface area (TPSA) is 71.3 Å². The third-order valence-corrected chi connectivity index (χ3v) is 6.18. The van der Waals surface area contributed by atoms with Crippen LogP contribution < -0.4 is 4.90 Å². The van der Waals surface area contributed by atoms with Crippen molar-refractivity contribution < 1.29 is 14.0 Å². The molecule has 0 atom stereocenters. The molecule has 3 heterocycles. The van der Waals surface area contributed by atoms with Crippen LogP contribution in [0.15, 0.2) is 73.2 Å². The highest BCUT2D eigenvalue weighted by Gasteiger charge is 2.22. The molecule has 172 valence electrons. The van der Waals surface area contributed by atoms with Crippen LogP contribution in [-0.2, 0) is 0 Å². The summed E-state index contributed by atoms with van der Waals surface area (Å²) < 4.78 is 14.8. The molecule has 0 bridgehead atoms. The molecule has 0 radical (unpaired) electrons. The van der Waals surface area contributed by atoms with Crippen molar-refractivity contribution in [3.05, 3.63) is 90.1 Å². The Labute approximate surface area is 196 Å². The minimum absolute atomic E-state index is 0.00400. The summed E-state index contributed by atoms with van der Waals surface area (Å²) in [6.45, 7) is 3.92. The van der Waals surface area contributed by atoms with Crippen molar-refractivity contribution >= 4 is 28.5 Å². The molecule has 1 aliphatic rings. The molecule has 0 unspecified atom stereocenters. The maximum Gasteiger partial charge on any atom is 0.262 e. The number of piperazine rings is 1. The molecule has 0 amide bonds. The average Bonchev–Trinajstić information content (AvgIpc) is 3.28. The van der Waals surface area contributed by atoms with E-state index >= 15 is 0 Å². The summed E-state index contributed by atoms with van der Waals surface area (Å²) in [5.74, 6) is 0.0314. The zero-order valence-electron chi connectivity index (χ0n) is 18.6. The summed E-state index contributed by atoms with van der Waals surface area (Å²) in [4.78, 5) is 39.3. The molecule has 0 N–H and O–H groups in total. The fourth-order valence-electron chi connectivity index (χ4n) is 4.32. The zero-order valence-corrected chi connectivity index (χ0v) is 18.6. The monoisotopic (exact) mass is 457 g/mol. The lowest BCUT2D eigenvalue weighted by Crippen LogP contribution is -2.47. The van der Waals surface area contributed by atoms with Crippen LogP contribution in [-0.4, -0.2) is 63.8 Å². The maximum absolute atomic E-state index is 13.3. The highest BCUT2D eigenvalue weighted by atomic mass is 19.1. The smallest absolute Gasteiger partial charge is 0.262 e. The van der Waals surface area contributed by atoms with Crippen molar-refractivity contribution in [1.82, 2.24) is 19.4 Å². The highest BCUT2D eigenvalue weighted by molar-refractivity contribution is 6.12. The predicted molar refractivity (Wildman–Crippen MR) is 128 cm³/mol. The molecule has 34 heavy (non-hydrogen) atoms. The van der Waals surface area contributed by atoms with Gasteiger partial charge in [-0.1, -0.05) is 18.2 Å². The number of carbonyl (C=O) groups is 2. The number of benzene rings is 2. The van der Waals surface area contributed by atoms with Crippen molar-refractivity contribution in [2.45, 2.75) is 6.42 Å². The van der Waals surface area contributed by atoms with E-state index in [1.54, 1.807) is 24.7 Å². The number of ketones is 1. The van der Waals surface area contributed by atoms with Gasteiger partial charge in [-0.25, -0.2) is 14.4 Å². The number of para-hydroxylation sites is 1. The third kappa shape index (κ3) is 4.45. The van der Waals surface area contributed by atoms with E-state index in [0.29, 0.717) is 29.6 Å². The maximum atomic E-state index is 13.3. The molecular weight excluding hydrogens is 433 g/mol. The van der Waals surface area contributed by atoms with Crippen molar-refractivity contribution in [2.75, 3.05) is 37.6 Å². The number of nitrogens with zero attached hydrogens (tertiary/aromatic N) is 5. The molecule has 4 aromatic rings. The van der Waals surface area contributed by atoms with Crippen LogP contribution in [0.4, 0.5) is 10.3 Å². The predicted octanol–water partition coefficient (Wildman–Crippen LogP) is 3.65. The SMILES string of the molecule is O=C(CCN1CCN(c2ncccn2)CC1)c1cn(C(=O)c2ccc(F)cc2)c2ccccc12. The first-order chi connectivity index (χ1) is 16.6. The van der Waals surface area contributed by atoms with Gasteiger partial charge in [0.25, 0.3) is 5.91 Å². The highest BCUT2D eigenvalue weighted by Crippen LogP contribution is 2.24. The van der Waals surface area contributed by atoms with Crippen LogP contribution in [0.25, 0.3) is 10.9 Å². The normalized spacial score (nSPS) is 14.4. The number of Topliss-reactive ketones (excluding diaryl/α,β-unsaturated/α-hetero) is 1. The molecule has 0 saturated carbocycles. The van der Waals surface area contributed by atoms with Crippen LogP contribution in [0.5, 0.6) is 0 Å². The Hall–Kier alpha value is -3.91. The number of fused-ring (bicyclic) bond motifs is 1. The zero-order chi connectivity index (χ0) is 23.5. The Morgan fingerprint density at radius 2 is 1.59 bits per heavy atom. The van der Waals surface area contributed by atoms with Crippen molar-refractivity contribution in [1.29, 1.82) is 0 Å². The van der Waals surface area contributed by atoms with E-state index in [1.807, 2.05) is 24.3 Å². The summed E-state index contributed by atoms with van der Waals surface area (Å²) in [5.41, 5.74) is 1.56. The molecule has 1 fully saturated rings.